The van der Waals surface area contributed by atoms with Crippen LogP contribution in [0.15, 0.2) is 29.2 Å². The molecule has 2 heterocycles. The van der Waals surface area contributed by atoms with Gasteiger partial charge in [-0.2, -0.15) is 0 Å². The zero-order chi connectivity index (χ0) is 7.19. The van der Waals surface area contributed by atoms with Crippen molar-refractivity contribution >= 4 is 15.7 Å². The molecular formula is C6H5NO2S. The SMILES string of the molecule is O=S1(=O)Nc2ccc1cc2. The summed E-state index contributed by atoms with van der Waals surface area (Å²) in [6.45, 7) is 0. The van der Waals surface area contributed by atoms with Crippen LogP contribution in [0.5, 0.6) is 0 Å². The maximum absolute atomic E-state index is 11.0. The van der Waals surface area contributed by atoms with Gasteiger partial charge in [0, 0.05) is 5.69 Å². The first kappa shape index (κ1) is 5.73. The van der Waals surface area contributed by atoms with E-state index >= 15 is 0 Å². The van der Waals surface area contributed by atoms with Gasteiger partial charge in [-0.05, 0) is 24.3 Å². The van der Waals surface area contributed by atoms with Crippen LogP contribution in [0.3, 0.4) is 0 Å². The highest BCUT2D eigenvalue weighted by atomic mass is 32.2. The molecule has 0 atom stereocenters. The van der Waals surface area contributed by atoms with Gasteiger partial charge in [-0.25, -0.2) is 8.42 Å². The van der Waals surface area contributed by atoms with E-state index in [0.717, 1.165) is 0 Å². The molecule has 0 spiro atoms. The average Bonchev–Trinajstić information content (AvgIpc) is 1.87. The van der Waals surface area contributed by atoms with Crippen molar-refractivity contribution in [3.05, 3.63) is 24.3 Å². The molecule has 0 amide bonds. The molecule has 1 N–H and O–H groups in total. The van der Waals surface area contributed by atoms with E-state index < -0.39 is 10.0 Å². The summed E-state index contributed by atoms with van der Waals surface area (Å²) in [5.41, 5.74) is 0.634. The zero-order valence-corrected chi connectivity index (χ0v) is 5.85. The third-order valence-corrected chi connectivity index (χ3v) is 2.81. The topological polar surface area (TPSA) is 46.2 Å². The van der Waals surface area contributed by atoms with Gasteiger partial charge in [0.25, 0.3) is 10.0 Å². The van der Waals surface area contributed by atoms with Crippen LogP contribution < -0.4 is 4.72 Å². The van der Waals surface area contributed by atoms with E-state index in [4.69, 9.17) is 0 Å². The molecule has 1 aromatic rings. The van der Waals surface area contributed by atoms with Crippen molar-refractivity contribution in [3.63, 3.8) is 0 Å². The lowest BCUT2D eigenvalue weighted by atomic mass is 10.3. The van der Waals surface area contributed by atoms with Gasteiger partial charge in [-0.15, -0.1) is 0 Å². The van der Waals surface area contributed by atoms with Crippen LogP contribution in [0.2, 0.25) is 0 Å². The van der Waals surface area contributed by atoms with Crippen molar-refractivity contribution < 1.29 is 8.42 Å². The third-order valence-electron chi connectivity index (χ3n) is 1.42. The molecule has 10 heavy (non-hydrogen) atoms. The van der Waals surface area contributed by atoms with Crippen LogP contribution >= 0.6 is 0 Å². The van der Waals surface area contributed by atoms with Crippen LogP contribution in [0.4, 0.5) is 5.69 Å². The van der Waals surface area contributed by atoms with E-state index in [-0.39, 0.29) is 0 Å². The number of hydrogen-bond donors (Lipinski definition) is 1. The third kappa shape index (κ3) is 0.623. The molecule has 52 valence electrons. The Hall–Kier alpha value is -1.03. The quantitative estimate of drug-likeness (QED) is 0.602. The lowest BCUT2D eigenvalue weighted by Crippen LogP contribution is -2.16. The summed E-state index contributed by atoms with van der Waals surface area (Å²) in [4.78, 5) is 0.336. The summed E-state index contributed by atoms with van der Waals surface area (Å²) in [6, 6.07) is 6.63. The second kappa shape index (κ2) is 1.52. The first-order valence-corrected chi connectivity index (χ1v) is 4.30. The zero-order valence-electron chi connectivity index (χ0n) is 5.03. The van der Waals surface area contributed by atoms with Crippen LogP contribution in [0, 0.1) is 0 Å². The number of rotatable bonds is 0. The van der Waals surface area contributed by atoms with Gasteiger partial charge < -0.3 is 0 Å². The largest absolute Gasteiger partial charge is 0.280 e. The van der Waals surface area contributed by atoms with Crippen LogP contribution in [0.25, 0.3) is 0 Å². The number of benzene rings is 1. The van der Waals surface area contributed by atoms with Gasteiger partial charge in [0.05, 0.1) is 4.90 Å². The van der Waals surface area contributed by atoms with Crippen molar-refractivity contribution in [2.24, 2.45) is 0 Å². The first-order valence-electron chi connectivity index (χ1n) is 2.81. The van der Waals surface area contributed by atoms with Gasteiger partial charge in [-0.3, -0.25) is 4.72 Å². The lowest BCUT2D eigenvalue weighted by molar-refractivity contribution is 0.600. The summed E-state index contributed by atoms with van der Waals surface area (Å²) in [7, 11) is -3.17. The van der Waals surface area contributed by atoms with Gasteiger partial charge in [-0.1, -0.05) is 0 Å². The Labute approximate surface area is 58.7 Å². The smallest absolute Gasteiger partial charge is 0.261 e. The molecule has 2 aliphatic rings. The highest BCUT2D eigenvalue weighted by Gasteiger charge is 2.18. The molecular weight excluding hydrogens is 150 g/mol. The van der Waals surface area contributed by atoms with Gasteiger partial charge in [0.15, 0.2) is 0 Å². The molecule has 0 unspecified atom stereocenters. The number of sulfonamides is 1. The molecule has 2 aliphatic heterocycles. The molecule has 0 saturated carbocycles. The predicted octanol–water partition coefficient (Wildman–Crippen LogP) is 0.801. The summed E-state index contributed by atoms with van der Waals surface area (Å²) < 4.78 is 24.3. The Balaban J connectivity index is 2.85. The summed E-state index contributed by atoms with van der Waals surface area (Å²) in [5.74, 6) is 0. The fourth-order valence-corrected chi connectivity index (χ4v) is 1.97. The fraction of sp³-hybridized carbons (Fsp3) is 0. The van der Waals surface area contributed by atoms with E-state index in [1.807, 2.05) is 0 Å². The van der Waals surface area contributed by atoms with Crippen LogP contribution in [-0.4, -0.2) is 8.42 Å². The van der Waals surface area contributed by atoms with Crippen molar-refractivity contribution in [1.29, 1.82) is 0 Å². The molecule has 4 heteroatoms. The Morgan fingerprint density at radius 3 is 1.90 bits per heavy atom. The molecule has 3 rings (SSSR count). The van der Waals surface area contributed by atoms with Gasteiger partial charge >= 0.3 is 0 Å². The summed E-state index contributed by atoms with van der Waals surface area (Å²) >= 11 is 0. The Kier molecular flexibility index (Phi) is 0.870. The number of nitrogens with one attached hydrogen (secondary N) is 1. The number of hydrogen-bond acceptors (Lipinski definition) is 2. The molecule has 0 radical (unpaired) electrons. The van der Waals surface area contributed by atoms with E-state index in [9.17, 15) is 8.42 Å². The van der Waals surface area contributed by atoms with Crippen molar-refractivity contribution in [2.45, 2.75) is 4.90 Å². The lowest BCUT2D eigenvalue weighted by Gasteiger charge is -2.13. The molecule has 0 fully saturated rings. The normalized spacial score (nSPS) is 18.4. The highest BCUT2D eigenvalue weighted by Crippen LogP contribution is 2.22. The second-order valence-corrected chi connectivity index (χ2v) is 3.81. The maximum atomic E-state index is 11.0. The molecule has 0 saturated heterocycles. The van der Waals surface area contributed by atoms with Crippen LogP contribution in [-0.2, 0) is 10.0 Å². The van der Waals surface area contributed by atoms with Gasteiger partial charge in [0.2, 0.25) is 0 Å². The minimum Gasteiger partial charge on any atom is -0.280 e. The van der Waals surface area contributed by atoms with Crippen LogP contribution in [0.1, 0.15) is 0 Å². The molecule has 1 aromatic carbocycles. The Bertz CT molecular complexity index is 352. The highest BCUT2D eigenvalue weighted by molar-refractivity contribution is 7.92. The van der Waals surface area contributed by atoms with E-state index in [2.05, 4.69) is 4.72 Å². The Morgan fingerprint density at radius 2 is 1.70 bits per heavy atom. The van der Waals surface area contributed by atoms with E-state index in [1.54, 1.807) is 24.3 Å². The first-order chi connectivity index (χ1) is 4.68. The fourth-order valence-electron chi connectivity index (χ4n) is 0.916. The monoisotopic (exact) mass is 155 g/mol. The Morgan fingerprint density at radius 1 is 1.10 bits per heavy atom. The standard InChI is InChI=1S/C6H5NO2S/c8-10(9)6-3-1-5(7-10)2-4-6/h1-4,7H. The van der Waals surface area contributed by atoms with Crippen molar-refractivity contribution in [2.75, 3.05) is 4.72 Å². The van der Waals surface area contributed by atoms with Gasteiger partial charge in [0.1, 0.15) is 0 Å². The minimum atomic E-state index is -3.17. The molecule has 0 aromatic heterocycles. The molecule has 2 bridgehead atoms. The summed E-state index contributed by atoms with van der Waals surface area (Å²) in [6.07, 6.45) is 0. The maximum Gasteiger partial charge on any atom is 0.261 e. The minimum absolute atomic E-state index is 0.336. The van der Waals surface area contributed by atoms with E-state index in [1.165, 1.54) is 0 Å². The molecule has 3 nitrogen and oxygen atoms in total. The van der Waals surface area contributed by atoms with E-state index in [0.29, 0.717) is 10.6 Å². The summed E-state index contributed by atoms with van der Waals surface area (Å²) in [5, 5.41) is 0. The molecule has 0 aliphatic carbocycles. The second-order valence-electron chi connectivity index (χ2n) is 2.13. The van der Waals surface area contributed by atoms with Crippen molar-refractivity contribution in [1.82, 2.24) is 0 Å². The number of anilines is 1. The number of fused-ring (bicyclic) bond motifs is 3. The predicted molar refractivity (Wildman–Crippen MR) is 37.3 cm³/mol. The van der Waals surface area contributed by atoms with Crippen molar-refractivity contribution in [3.8, 4) is 0 Å². The average molecular weight is 155 g/mol.